The number of ketones is 2. The number of hydrogen-bond acceptors (Lipinski definition) is 12. The van der Waals surface area contributed by atoms with E-state index in [9.17, 15) is 38.4 Å². The number of piperidine rings is 2. The standard InChI is InChI=1S/C38H42N4O12/c1-51-37(49)39-27-15-11-25-13-17-29(41(25)33(27)45)35(47)53-19-31(43)23-7-3-21(4-8-23)22-5-9-24(10-6-22)32(44)20-54-36(48)30-18-14-26-12-16-28(34(46)42(26)30)40-38(50)52-2/h3-10,25-30H,11-20H2,1-2H3,(H,39,49)(H,40,50)/t25-,26-,27-,28-,29-,30-/m0/s1. The van der Waals surface area contributed by atoms with Gasteiger partial charge < -0.3 is 39.4 Å². The van der Waals surface area contributed by atoms with Gasteiger partial charge in [-0.2, -0.15) is 0 Å². The maximum absolute atomic E-state index is 13.0. The van der Waals surface area contributed by atoms with E-state index in [1.807, 2.05) is 0 Å². The summed E-state index contributed by atoms with van der Waals surface area (Å²) >= 11 is 0. The fraction of sp³-hybridized carbons (Fsp3) is 0.474. The number of methoxy groups -OCH3 is 2. The highest BCUT2D eigenvalue weighted by Crippen LogP contribution is 2.34. The zero-order valence-corrected chi connectivity index (χ0v) is 29.9. The van der Waals surface area contributed by atoms with Crippen molar-refractivity contribution in [3.63, 3.8) is 0 Å². The summed E-state index contributed by atoms with van der Waals surface area (Å²) in [7, 11) is 2.41. The number of nitrogens with one attached hydrogen (secondary N) is 2. The summed E-state index contributed by atoms with van der Waals surface area (Å²) < 4.78 is 19.9. The van der Waals surface area contributed by atoms with Gasteiger partial charge in [-0.25, -0.2) is 19.2 Å². The molecule has 286 valence electrons. The van der Waals surface area contributed by atoms with Gasteiger partial charge in [0.15, 0.2) is 24.8 Å². The first-order chi connectivity index (χ1) is 26.0. The Kier molecular flexibility index (Phi) is 11.6. The van der Waals surface area contributed by atoms with Crippen molar-refractivity contribution in [3.8, 4) is 11.1 Å². The summed E-state index contributed by atoms with van der Waals surface area (Å²) in [6.45, 7) is -1.01. The third-order valence-corrected chi connectivity index (χ3v) is 10.6. The van der Waals surface area contributed by atoms with Crippen molar-refractivity contribution in [2.24, 2.45) is 0 Å². The van der Waals surface area contributed by atoms with E-state index in [2.05, 4.69) is 20.1 Å². The van der Waals surface area contributed by atoms with E-state index in [-0.39, 0.29) is 23.9 Å². The van der Waals surface area contributed by atoms with Crippen LogP contribution in [-0.2, 0) is 38.1 Å². The molecule has 6 rings (SSSR count). The van der Waals surface area contributed by atoms with Crippen molar-refractivity contribution in [3.05, 3.63) is 59.7 Å². The molecule has 0 aromatic heterocycles. The fourth-order valence-corrected chi connectivity index (χ4v) is 7.79. The van der Waals surface area contributed by atoms with Crippen LogP contribution in [0.3, 0.4) is 0 Å². The quantitative estimate of drug-likeness (QED) is 0.194. The molecule has 4 aliphatic rings. The number of carbonyl (C=O) groups is 8. The highest BCUT2D eigenvalue weighted by Gasteiger charge is 2.48. The van der Waals surface area contributed by atoms with Gasteiger partial charge in [0.1, 0.15) is 24.2 Å². The number of ether oxygens (including phenoxy) is 4. The van der Waals surface area contributed by atoms with Gasteiger partial charge in [-0.05, 0) is 62.5 Å². The lowest BCUT2D eigenvalue weighted by atomic mass is 9.98. The van der Waals surface area contributed by atoms with Gasteiger partial charge in [-0.15, -0.1) is 0 Å². The number of nitrogens with zero attached hydrogens (tertiary/aromatic N) is 2. The zero-order valence-electron chi connectivity index (χ0n) is 29.9. The topological polar surface area (TPSA) is 204 Å². The molecule has 0 aliphatic carbocycles. The average Bonchev–Trinajstić information content (AvgIpc) is 3.84. The highest BCUT2D eigenvalue weighted by molar-refractivity contribution is 6.00. The highest BCUT2D eigenvalue weighted by atomic mass is 16.6. The van der Waals surface area contributed by atoms with E-state index < -0.39 is 73.1 Å². The number of benzene rings is 2. The SMILES string of the molecule is COC(=O)N[C@H]1CC[C@H]2CC[C@@H](C(=O)OCC(=O)c3ccc(-c4ccc(C(=O)COC(=O)[C@@H]5CC[C@@H]6CC[C@H](NC(=O)OC)C(=O)N65)cc4)cc3)N2C1=O. The number of carbonyl (C=O) groups excluding carboxylic acids is 8. The molecule has 4 aliphatic heterocycles. The van der Waals surface area contributed by atoms with Crippen LogP contribution in [0.15, 0.2) is 48.5 Å². The molecule has 0 saturated carbocycles. The largest absolute Gasteiger partial charge is 0.456 e. The fourth-order valence-electron chi connectivity index (χ4n) is 7.79. The van der Waals surface area contributed by atoms with E-state index in [0.717, 1.165) is 11.1 Å². The van der Waals surface area contributed by atoms with Crippen LogP contribution in [0.25, 0.3) is 11.1 Å². The van der Waals surface area contributed by atoms with E-state index in [1.54, 1.807) is 48.5 Å². The Morgan fingerprint density at radius 1 is 0.556 bits per heavy atom. The van der Waals surface area contributed by atoms with Gasteiger partial charge in [-0.1, -0.05) is 48.5 Å². The second-order valence-electron chi connectivity index (χ2n) is 13.7. The molecule has 4 heterocycles. The van der Waals surface area contributed by atoms with Crippen molar-refractivity contribution < 1.29 is 57.3 Å². The Morgan fingerprint density at radius 3 is 1.26 bits per heavy atom. The molecular formula is C38H42N4O12. The molecule has 0 bridgehead atoms. The van der Waals surface area contributed by atoms with E-state index in [0.29, 0.717) is 62.5 Å². The van der Waals surface area contributed by atoms with Crippen LogP contribution < -0.4 is 10.6 Å². The van der Waals surface area contributed by atoms with Crippen LogP contribution in [0.5, 0.6) is 0 Å². The molecule has 16 heteroatoms. The lowest BCUT2D eigenvalue weighted by Crippen LogP contribution is -2.57. The van der Waals surface area contributed by atoms with Crippen molar-refractivity contribution >= 4 is 47.5 Å². The molecule has 2 aromatic rings. The second-order valence-corrected chi connectivity index (χ2v) is 13.7. The van der Waals surface area contributed by atoms with Crippen molar-refractivity contribution in [1.82, 2.24) is 20.4 Å². The number of amides is 4. The Labute approximate surface area is 310 Å². The molecule has 4 saturated heterocycles. The van der Waals surface area contributed by atoms with Gasteiger partial charge in [0.05, 0.1) is 14.2 Å². The molecular weight excluding hydrogens is 704 g/mol. The first-order valence-corrected chi connectivity index (χ1v) is 17.9. The van der Waals surface area contributed by atoms with E-state index in [4.69, 9.17) is 9.47 Å². The zero-order chi connectivity index (χ0) is 38.5. The molecule has 6 atom stereocenters. The maximum atomic E-state index is 13.0. The predicted molar refractivity (Wildman–Crippen MR) is 187 cm³/mol. The third kappa shape index (κ3) is 8.06. The average molecular weight is 747 g/mol. The normalized spacial score (nSPS) is 24.5. The van der Waals surface area contributed by atoms with Crippen molar-refractivity contribution in [2.45, 2.75) is 87.6 Å². The summed E-state index contributed by atoms with van der Waals surface area (Å²) in [5.74, 6) is -2.95. The Balaban J connectivity index is 0.974. The first kappa shape index (κ1) is 37.9. The minimum atomic E-state index is -0.839. The first-order valence-electron chi connectivity index (χ1n) is 17.9. The summed E-state index contributed by atoms with van der Waals surface area (Å²) in [5, 5.41) is 5.01. The van der Waals surface area contributed by atoms with Crippen molar-refractivity contribution in [2.75, 3.05) is 27.4 Å². The number of rotatable bonds is 11. The van der Waals surface area contributed by atoms with Gasteiger partial charge in [0, 0.05) is 23.2 Å². The summed E-state index contributed by atoms with van der Waals surface area (Å²) in [6.07, 6.45) is 2.72. The van der Waals surface area contributed by atoms with Gasteiger partial charge >= 0.3 is 24.1 Å². The molecule has 0 unspecified atom stereocenters. The van der Waals surface area contributed by atoms with Crippen LogP contribution in [-0.4, -0.2) is 121 Å². The van der Waals surface area contributed by atoms with Gasteiger partial charge in [0.2, 0.25) is 11.8 Å². The number of hydrogen-bond donors (Lipinski definition) is 2. The van der Waals surface area contributed by atoms with Crippen LogP contribution in [0, 0.1) is 0 Å². The minimum absolute atomic E-state index is 0.134. The molecule has 16 nitrogen and oxygen atoms in total. The molecule has 4 amide bonds. The lowest BCUT2D eigenvalue weighted by molar-refractivity contribution is -0.155. The van der Waals surface area contributed by atoms with Crippen LogP contribution in [0.4, 0.5) is 9.59 Å². The lowest BCUT2D eigenvalue weighted by Gasteiger charge is -2.37. The number of Topliss-reactive ketones (excluding diaryl/α,β-unsaturated/α-hetero) is 2. The maximum Gasteiger partial charge on any atom is 0.407 e. The summed E-state index contributed by atoms with van der Waals surface area (Å²) in [5.41, 5.74) is 2.14. The molecule has 4 fully saturated rings. The third-order valence-electron chi connectivity index (χ3n) is 10.6. The molecule has 0 radical (unpaired) electrons. The minimum Gasteiger partial charge on any atom is -0.456 e. The molecule has 0 spiro atoms. The Morgan fingerprint density at radius 2 is 0.907 bits per heavy atom. The molecule has 2 aromatic carbocycles. The summed E-state index contributed by atoms with van der Waals surface area (Å²) in [4.78, 5) is 104. The molecule has 54 heavy (non-hydrogen) atoms. The van der Waals surface area contributed by atoms with Crippen LogP contribution in [0.2, 0.25) is 0 Å². The smallest absolute Gasteiger partial charge is 0.407 e. The Hall–Kier alpha value is -5.80. The monoisotopic (exact) mass is 746 g/mol. The molecule has 2 N–H and O–H groups in total. The Bertz CT molecular complexity index is 1680. The number of alkyl carbamates (subject to hydrolysis) is 2. The van der Waals surface area contributed by atoms with E-state index >= 15 is 0 Å². The van der Waals surface area contributed by atoms with Crippen LogP contribution >= 0.6 is 0 Å². The van der Waals surface area contributed by atoms with Crippen molar-refractivity contribution in [1.29, 1.82) is 0 Å². The van der Waals surface area contributed by atoms with E-state index in [1.165, 1.54) is 24.0 Å². The second kappa shape index (κ2) is 16.5. The number of esters is 2. The number of fused-ring (bicyclic) bond motifs is 2. The van der Waals surface area contributed by atoms with Crippen LogP contribution in [0.1, 0.15) is 72.1 Å². The summed E-state index contributed by atoms with van der Waals surface area (Å²) in [6, 6.07) is 9.74. The van der Waals surface area contributed by atoms with Gasteiger partial charge in [0.25, 0.3) is 0 Å². The van der Waals surface area contributed by atoms with Gasteiger partial charge in [-0.3, -0.25) is 19.2 Å². The predicted octanol–water partition coefficient (Wildman–Crippen LogP) is 2.56.